The van der Waals surface area contributed by atoms with Crippen molar-refractivity contribution in [3.8, 4) is 5.75 Å². The number of rotatable bonds is 8. The first kappa shape index (κ1) is 20.2. The maximum absolute atomic E-state index is 12.4. The van der Waals surface area contributed by atoms with Crippen molar-refractivity contribution in [1.29, 1.82) is 0 Å². The number of carbonyl (C=O) groups is 2. The first-order valence-corrected chi connectivity index (χ1v) is 8.93. The molecular formula is C19H28N2O5. The van der Waals surface area contributed by atoms with Crippen LogP contribution in [0.2, 0.25) is 0 Å². The molecule has 0 saturated carbocycles. The second-order valence-electron chi connectivity index (χ2n) is 6.45. The van der Waals surface area contributed by atoms with Crippen LogP contribution < -0.4 is 10.1 Å². The van der Waals surface area contributed by atoms with E-state index in [9.17, 15) is 9.59 Å². The Balaban J connectivity index is 1.85. The van der Waals surface area contributed by atoms with Gasteiger partial charge in [-0.05, 0) is 37.6 Å². The summed E-state index contributed by atoms with van der Waals surface area (Å²) in [4.78, 5) is 26.2. The van der Waals surface area contributed by atoms with Crippen molar-refractivity contribution in [3.05, 3.63) is 24.3 Å². The molecule has 0 bridgehead atoms. The van der Waals surface area contributed by atoms with Crippen molar-refractivity contribution < 1.29 is 23.8 Å². The summed E-state index contributed by atoms with van der Waals surface area (Å²) in [5.74, 6) is 0.340. The number of nitrogens with one attached hydrogen (secondary N) is 1. The molecule has 0 unspecified atom stereocenters. The predicted molar refractivity (Wildman–Crippen MR) is 98.3 cm³/mol. The van der Waals surface area contributed by atoms with E-state index >= 15 is 0 Å². The van der Waals surface area contributed by atoms with E-state index < -0.39 is 5.60 Å². The third-order valence-electron chi connectivity index (χ3n) is 4.50. The van der Waals surface area contributed by atoms with Gasteiger partial charge in [-0.1, -0.05) is 13.3 Å². The van der Waals surface area contributed by atoms with E-state index in [4.69, 9.17) is 14.2 Å². The van der Waals surface area contributed by atoms with Crippen molar-refractivity contribution >= 4 is 17.5 Å². The number of amides is 2. The molecule has 1 N–H and O–H groups in total. The topological polar surface area (TPSA) is 77.1 Å². The predicted octanol–water partition coefficient (Wildman–Crippen LogP) is 2.07. The van der Waals surface area contributed by atoms with Crippen molar-refractivity contribution in [1.82, 2.24) is 4.90 Å². The fraction of sp³-hybridized carbons (Fsp3) is 0.579. The minimum Gasteiger partial charge on any atom is -0.484 e. The lowest BCUT2D eigenvalue weighted by atomic mass is 9.99. The fourth-order valence-electron chi connectivity index (χ4n) is 2.73. The Bertz CT molecular complexity index is 598. The van der Waals surface area contributed by atoms with Crippen LogP contribution in [0, 0.1) is 0 Å². The van der Waals surface area contributed by atoms with Crippen LogP contribution in [0.4, 0.5) is 5.69 Å². The highest BCUT2D eigenvalue weighted by molar-refractivity contribution is 5.97. The molecule has 7 heteroatoms. The normalized spacial score (nSPS) is 16.7. The Morgan fingerprint density at radius 2 is 1.88 bits per heavy atom. The van der Waals surface area contributed by atoms with Gasteiger partial charge < -0.3 is 24.4 Å². The van der Waals surface area contributed by atoms with Crippen LogP contribution in [0.25, 0.3) is 0 Å². The SMILES string of the molecule is CCC[C@@](C)(OC)C(=O)Nc1ccc(OCC(=O)N2CCOCC2)cc1. The standard InChI is InChI=1S/C19H28N2O5/c1-4-9-19(2,24-3)18(23)20-15-5-7-16(8-6-15)26-14-17(22)21-10-12-25-13-11-21/h5-8H,4,9-14H2,1-3H3,(H,20,23)/t19-/m1/s1. The molecule has 26 heavy (non-hydrogen) atoms. The van der Waals surface area contributed by atoms with Gasteiger partial charge in [0.2, 0.25) is 0 Å². The molecule has 1 aromatic carbocycles. The Hall–Kier alpha value is -2.12. The largest absolute Gasteiger partial charge is 0.484 e. The fourth-order valence-corrected chi connectivity index (χ4v) is 2.73. The van der Waals surface area contributed by atoms with Gasteiger partial charge >= 0.3 is 0 Å². The third-order valence-corrected chi connectivity index (χ3v) is 4.50. The van der Waals surface area contributed by atoms with Crippen LogP contribution in [0.3, 0.4) is 0 Å². The number of hydrogen-bond donors (Lipinski definition) is 1. The molecule has 144 valence electrons. The summed E-state index contributed by atoms with van der Waals surface area (Å²) in [6, 6.07) is 6.95. The van der Waals surface area contributed by atoms with Crippen LogP contribution in [0.5, 0.6) is 5.75 Å². The van der Waals surface area contributed by atoms with Crippen molar-refractivity contribution in [2.45, 2.75) is 32.3 Å². The average molecular weight is 364 g/mol. The summed E-state index contributed by atoms with van der Waals surface area (Å²) in [5.41, 5.74) is -0.199. The number of hydrogen-bond acceptors (Lipinski definition) is 5. The molecule has 7 nitrogen and oxygen atoms in total. The average Bonchev–Trinajstić information content (AvgIpc) is 2.68. The molecule has 1 atom stereocenters. The van der Waals surface area contributed by atoms with Crippen molar-refractivity contribution in [3.63, 3.8) is 0 Å². The monoisotopic (exact) mass is 364 g/mol. The molecule has 0 spiro atoms. The Morgan fingerprint density at radius 1 is 1.23 bits per heavy atom. The van der Waals surface area contributed by atoms with Crippen molar-refractivity contribution in [2.24, 2.45) is 0 Å². The number of carbonyl (C=O) groups excluding carboxylic acids is 2. The minimum atomic E-state index is -0.853. The van der Waals surface area contributed by atoms with Gasteiger partial charge in [-0.2, -0.15) is 0 Å². The number of anilines is 1. The van der Waals surface area contributed by atoms with Gasteiger partial charge in [-0.3, -0.25) is 9.59 Å². The molecule has 2 rings (SSSR count). The summed E-state index contributed by atoms with van der Waals surface area (Å²) in [6.45, 7) is 6.11. The van der Waals surface area contributed by atoms with E-state index in [1.807, 2.05) is 6.92 Å². The first-order chi connectivity index (χ1) is 12.5. The molecule has 1 saturated heterocycles. The van der Waals surface area contributed by atoms with Gasteiger partial charge in [0.1, 0.15) is 11.4 Å². The van der Waals surface area contributed by atoms with E-state index in [1.54, 1.807) is 36.1 Å². The van der Waals surface area contributed by atoms with E-state index in [2.05, 4.69) is 5.32 Å². The number of ether oxygens (including phenoxy) is 3. The number of morpholine rings is 1. The van der Waals surface area contributed by atoms with Gasteiger partial charge in [0.05, 0.1) is 13.2 Å². The zero-order chi connectivity index (χ0) is 19.0. The highest BCUT2D eigenvalue weighted by Crippen LogP contribution is 2.21. The first-order valence-electron chi connectivity index (χ1n) is 8.93. The molecule has 0 aromatic heterocycles. The smallest absolute Gasteiger partial charge is 0.260 e. The Morgan fingerprint density at radius 3 is 2.46 bits per heavy atom. The second-order valence-corrected chi connectivity index (χ2v) is 6.45. The maximum atomic E-state index is 12.4. The molecule has 1 fully saturated rings. The van der Waals surface area contributed by atoms with E-state index in [1.165, 1.54) is 7.11 Å². The maximum Gasteiger partial charge on any atom is 0.260 e. The summed E-state index contributed by atoms with van der Waals surface area (Å²) in [5, 5.41) is 2.85. The molecule has 1 heterocycles. The lowest BCUT2D eigenvalue weighted by Crippen LogP contribution is -2.43. The zero-order valence-corrected chi connectivity index (χ0v) is 15.7. The van der Waals surface area contributed by atoms with E-state index in [0.29, 0.717) is 44.2 Å². The van der Waals surface area contributed by atoms with Crippen LogP contribution in [0.15, 0.2) is 24.3 Å². The highest BCUT2D eigenvalue weighted by atomic mass is 16.5. The molecule has 0 radical (unpaired) electrons. The second kappa shape index (κ2) is 9.54. The van der Waals surface area contributed by atoms with Gasteiger partial charge in [0.25, 0.3) is 11.8 Å². The zero-order valence-electron chi connectivity index (χ0n) is 15.7. The van der Waals surface area contributed by atoms with Gasteiger partial charge in [0, 0.05) is 25.9 Å². The molecule has 1 aliphatic rings. The summed E-state index contributed by atoms with van der Waals surface area (Å²) < 4.78 is 16.1. The molecular weight excluding hydrogens is 336 g/mol. The molecule has 1 aliphatic heterocycles. The van der Waals surface area contributed by atoms with E-state index in [0.717, 1.165) is 6.42 Å². The molecule has 1 aromatic rings. The van der Waals surface area contributed by atoms with Crippen molar-refractivity contribution in [2.75, 3.05) is 45.3 Å². The van der Waals surface area contributed by atoms with Crippen LogP contribution in [-0.2, 0) is 19.1 Å². The Labute approximate surface area is 154 Å². The third kappa shape index (κ3) is 5.44. The van der Waals surface area contributed by atoms with Crippen LogP contribution >= 0.6 is 0 Å². The van der Waals surface area contributed by atoms with Gasteiger partial charge in [-0.25, -0.2) is 0 Å². The lowest BCUT2D eigenvalue weighted by molar-refractivity contribution is -0.137. The van der Waals surface area contributed by atoms with Gasteiger partial charge in [-0.15, -0.1) is 0 Å². The molecule has 2 amide bonds. The number of nitrogens with zero attached hydrogens (tertiary/aromatic N) is 1. The summed E-state index contributed by atoms with van der Waals surface area (Å²) in [6.07, 6.45) is 1.49. The van der Waals surface area contributed by atoms with E-state index in [-0.39, 0.29) is 18.4 Å². The lowest BCUT2D eigenvalue weighted by Gasteiger charge is -2.27. The number of benzene rings is 1. The summed E-state index contributed by atoms with van der Waals surface area (Å²) >= 11 is 0. The van der Waals surface area contributed by atoms with Gasteiger partial charge in [0.15, 0.2) is 6.61 Å². The molecule has 0 aliphatic carbocycles. The number of methoxy groups -OCH3 is 1. The Kier molecular flexibility index (Phi) is 7.41. The quantitative estimate of drug-likeness (QED) is 0.764. The van der Waals surface area contributed by atoms with Crippen LogP contribution in [0.1, 0.15) is 26.7 Å². The van der Waals surface area contributed by atoms with Crippen LogP contribution in [-0.4, -0.2) is 62.3 Å². The minimum absolute atomic E-state index is 0.00997. The summed E-state index contributed by atoms with van der Waals surface area (Å²) in [7, 11) is 1.54. The highest BCUT2D eigenvalue weighted by Gasteiger charge is 2.32.